The second kappa shape index (κ2) is 9.15. The fourth-order valence-electron chi connectivity index (χ4n) is 3.80. The average molecular weight is 622 g/mol. The fourth-order valence-corrected chi connectivity index (χ4v) is 6.00. The summed E-state index contributed by atoms with van der Waals surface area (Å²) in [6.07, 6.45) is 0. The quantitative estimate of drug-likeness (QED) is 0.266. The van der Waals surface area contributed by atoms with Crippen molar-refractivity contribution in [2.75, 3.05) is 21.0 Å². The lowest BCUT2D eigenvalue weighted by Crippen LogP contribution is -2.00. The molecule has 0 saturated carbocycles. The Bertz CT molecular complexity index is 1130. The molecule has 8 heteroatoms. The minimum Gasteiger partial charge on any atom is -0.493 e. The number of hydrogen-bond acceptors (Lipinski definition) is 4. The van der Waals surface area contributed by atoms with Crippen LogP contribution in [0.5, 0.6) is 23.0 Å². The Labute approximate surface area is 205 Å². The smallest absolute Gasteiger partial charge is 0.231 e. The molecule has 1 heterocycles. The number of methoxy groups -OCH3 is 2. The van der Waals surface area contributed by atoms with E-state index in [2.05, 4.69) is 47.8 Å². The molecule has 0 unspecified atom stereocenters. The van der Waals surface area contributed by atoms with Gasteiger partial charge >= 0.3 is 0 Å². The van der Waals surface area contributed by atoms with E-state index in [1.54, 1.807) is 14.2 Å². The Hall–Kier alpha value is -1.15. The maximum atomic E-state index is 6.88. The van der Waals surface area contributed by atoms with Crippen molar-refractivity contribution in [3.63, 3.8) is 0 Å². The predicted molar refractivity (Wildman–Crippen MR) is 132 cm³/mol. The van der Waals surface area contributed by atoms with Crippen molar-refractivity contribution in [3.8, 4) is 34.1 Å². The third-order valence-corrected chi connectivity index (χ3v) is 7.40. The molecular weight excluding hydrogens is 603 g/mol. The first-order valence-electron chi connectivity index (χ1n) is 9.07. The van der Waals surface area contributed by atoms with E-state index in [1.807, 2.05) is 24.3 Å². The highest BCUT2D eigenvalue weighted by atomic mass is 79.9. The van der Waals surface area contributed by atoms with Crippen molar-refractivity contribution in [2.24, 2.45) is 0 Å². The molecule has 0 radical (unpaired) electrons. The van der Waals surface area contributed by atoms with Gasteiger partial charge in [0.15, 0.2) is 23.0 Å². The van der Waals surface area contributed by atoms with E-state index in [0.717, 1.165) is 50.1 Å². The summed E-state index contributed by atoms with van der Waals surface area (Å²) in [7, 11) is 3.26. The Morgan fingerprint density at radius 3 is 2.00 bits per heavy atom. The van der Waals surface area contributed by atoms with Crippen LogP contribution in [0.25, 0.3) is 21.9 Å². The maximum absolute atomic E-state index is 6.88. The number of alkyl halides is 3. The molecule has 0 spiro atoms. The Balaban J connectivity index is 2.17. The van der Waals surface area contributed by atoms with E-state index in [9.17, 15) is 0 Å². The van der Waals surface area contributed by atoms with Gasteiger partial charge in [0.25, 0.3) is 0 Å². The average Bonchev–Trinajstić information content (AvgIpc) is 3.24. The monoisotopic (exact) mass is 618 g/mol. The number of ether oxygens (including phenoxy) is 4. The molecule has 0 amide bonds. The Kier molecular flexibility index (Phi) is 6.73. The number of fused-ring (bicyclic) bond motifs is 2. The zero-order valence-electron chi connectivity index (χ0n) is 16.3. The van der Waals surface area contributed by atoms with Crippen LogP contribution in [0.2, 0.25) is 5.02 Å². The van der Waals surface area contributed by atoms with Crippen LogP contribution < -0.4 is 18.9 Å². The molecule has 0 aliphatic carbocycles. The van der Waals surface area contributed by atoms with Crippen molar-refractivity contribution < 1.29 is 18.9 Å². The van der Waals surface area contributed by atoms with E-state index < -0.39 is 0 Å². The van der Waals surface area contributed by atoms with Crippen molar-refractivity contribution in [1.29, 1.82) is 0 Å². The van der Waals surface area contributed by atoms with Gasteiger partial charge in [-0.2, -0.15) is 0 Å². The molecule has 158 valence electrons. The SMILES string of the molecule is COc1cc2c(Cl)c(CBr)c(CBr)c(-c3cc4c(cc3CBr)OCO4)c2cc1OC. The minimum atomic E-state index is 0.227. The highest BCUT2D eigenvalue weighted by Gasteiger charge is 2.25. The van der Waals surface area contributed by atoms with Crippen molar-refractivity contribution in [1.82, 2.24) is 0 Å². The summed E-state index contributed by atoms with van der Waals surface area (Å²) in [6.45, 7) is 0.227. The van der Waals surface area contributed by atoms with Gasteiger partial charge in [0.1, 0.15) is 0 Å². The molecule has 0 N–H and O–H groups in total. The predicted octanol–water partition coefficient (Wildman–Crippen LogP) is 7.59. The summed E-state index contributed by atoms with van der Waals surface area (Å²) in [5, 5.41) is 4.52. The topological polar surface area (TPSA) is 36.9 Å². The summed E-state index contributed by atoms with van der Waals surface area (Å²) < 4.78 is 22.4. The van der Waals surface area contributed by atoms with Crippen LogP contribution in [0, 0.1) is 0 Å². The maximum Gasteiger partial charge on any atom is 0.231 e. The number of rotatable bonds is 6. The number of hydrogen-bond donors (Lipinski definition) is 0. The summed E-state index contributed by atoms with van der Waals surface area (Å²) >= 11 is 17.8. The van der Waals surface area contributed by atoms with Gasteiger partial charge in [0, 0.05) is 21.4 Å². The molecule has 0 bridgehead atoms. The first-order chi connectivity index (χ1) is 14.6. The van der Waals surface area contributed by atoms with Crippen LogP contribution in [0.3, 0.4) is 0 Å². The third-order valence-electron chi connectivity index (χ3n) is 5.24. The normalized spacial score (nSPS) is 12.5. The van der Waals surface area contributed by atoms with E-state index in [0.29, 0.717) is 32.5 Å². The van der Waals surface area contributed by atoms with E-state index >= 15 is 0 Å². The van der Waals surface area contributed by atoms with Gasteiger partial charge in [-0.1, -0.05) is 59.4 Å². The summed E-state index contributed by atoms with van der Waals surface area (Å²) in [5.74, 6) is 2.78. The lowest BCUT2D eigenvalue weighted by Gasteiger charge is -2.21. The highest BCUT2D eigenvalue weighted by Crippen LogP contribution is 2.48. The molecule has 3 aromatic carbocycles. The van der Waals surface area contributed by atoms with Gasteiger partial charge in [-0.15, -0.1) is 0 Å². The second-order valence-electron chi connectivity index (χ2n) is 6.66. The molecule has 0 fully saturated rings. The molecule has 0 atom stereocenters. The molecule has 1 aliphatic heterocycles. The molecule has 30 heavy (non-hydrogen) atoms. The van der Waals surface area contributed by atoms with Crippen LogP contribution in [0.1, 0.15) is 16.7 Å². The van der Waals surface area contributed by atoms with Crippen LogP contribution in [-0.4, -0.2) is 21.0 Å². The lowest BCUT2D eigenvalue weighted by atomic mass is 9.88. The zero-order valence-corrected chi connectivity index (χ0v) is 21.8. The van der Waals surface area contributed by atoms with E-state index in [1.165, 1.54) is 0 Å². The molecule has 0 aromatic heterocycles. The van der Waals surface area contributed by atoms with Crippen LogP contribution >= 0.6 is 59.4 Å². The second-order valence-corrected chi connectivity index (χ2v) is 8.72. The Morgan fingerprint density at radius 1 is 0.833 bits per heavy atom. The molecule has 4 rings (SSSR count). The van der Waals surface area contributed by atoms with Gasteiger partial charge < -0.3 is 18.9 Å². The van der Waals surface area contributed by atoms with Gasteiger partial charge in [-0.3, -0.25) is 0 Å². The zero-order chi connectivity index (χ0) is 21.4. The van der Waals surface area contributed by atoms with E-state index in [-0.39, 0.29) is 6.79 Å². The third kappa shape index (κ3) is 3.57. The van der Waals surface area contributed by atoms with Gasteiger partial charge in [-0.25, -0.2) is 0 Å². The number of halogens is 4. The van der Waals surface area contributed by atoms with Crippen molar-refractivity contribution in [3.05, 3.63) is 46.0 Å². The summed E-state index contributed by atoms with van der Waals surface area (Å²) in [5.41, 5.74) is 5.37. The van der Waals surface area contributed by atoms with Gasteiger partial charge in [0.2, 0.25) is 6.79 Å². The standard InChI is InChI=1S/C22H18Br3ClO4/c1-27-17-5-13-14(6-18(17)28-2)22(26)16(9-25)15(8-24)21(13)12-4-20-19(29-10-30-20)3-11(12)7-23/h3-6H,7-10H2,1-2H3. The number of benzene rings is 3. The lowest BCUT2D eigenvalue weighted by molar-refractivity contribution is 0.174. The first-order valence-corrected chi connectivity index (χ1v) is 12.8. The minimum absolute atomic E-state index is 0.227. The van der Waals surface area contributed by atoms with Gasteiger partial charge in [-0.05, 0) is 57.5 Å². The van der Waals surface area contributed by atoms with Crippen LogP contribution in [0.15, 0.2) is 24.3 Å². The molecule has 1 aliphatic rings. The Morgan fingerprint density at radius 2 is 1.43 bits per heavy atom. The van der Waals surface area contributed by atoms with Crippen molar-refractivity contribution >= 4 is 70.2 Å². The van der Waals surface area contributed by atoms with Crippen LogP contribution in [-0.2, 0) is 16.0 Å². The first kappa shape index (κ1) is 22.1. The fraction of sp³-hybridized carbons (Fsp3) is 0.273. The molecule has 4 nitrogen and oxygen atoms in total. The summed E-state index contributed by atoms with van der Waals surface area (Å²) in [4.78, 5) is 0. The largest absolute Gasteiger partial charge is 0.493 e. The summed E-state index contributed by atoms with van der Waals surface area (Å²) in [6, 6.07) is 8.00. The van der Waals surface area contributed by atoms with Crippen LogP contribution in [0.4, 0.5) is 0 Å². The van der Waals surface area contributed by atoms with Crippen molar-refractivity contribution in [2.45, 2.75) is 16.0 Å². The molecule has 0 saturated heterocycles. The molecule has 3 aromatic rings. The van der Waals surface area contributed by atoms with Gasteiger partial charge in [0.05, 0.1) is 19.2 Å². The van der Waals surface area contributed by atoms with E-state index in [4.69, 9.17) is 30.5 Å². The molecular formula is C22H18Br3ClO4. The highest BCUT2D eigenvalue weighted by molar-refractivity contribution is 9.09.